The summed E-state index contributed by atoms with van der Waals surface area (Å²) in [6, 6.07) is 19.9. The van der Waals surface area contributed by atoms with E-state index in [1.807, 2.05) is 0 Å². The number of primary amides is 1. The van der Waals surface area contributed by atoms with Gasteiger partial charge in [-0.05, 0) is 60.7 Å². The van der Waals surface area contributed by atoms with Crippen molar-refractivity contribution in [1.82, 2.24) is 15.0 Å². The summed E-state index contributed by atoms with van der Waals surface area (Å²) in [6.07, 6.45) is 0. The Morgan fingerprint density at radius 1 is 0.848 bits per heavy atom. The third-order valence-corrected chi connectivity index (χ3v) is 4.34. The summed E-state index contributed by atoms with van der Waals surface area (Å²) in [5, 5.41) is 24.7. The van der Waals surface area contributed by atoms with Gasteiger partial charge in [0.25, 0.3) is 0 Å². The number of amides is 1. The number of carbonyl (C=O) groups excluding carboxylic acids is 1. The van der Waals surface area contributed by atoms with E-state index in [9.17, 15) is 15.0 Å². The number of nitrogens with one attached hydrogen (secondary N) is 2. The highest BCUT2D eigenvalue weighted by molar-refractivity contribution is 5.78. The van der Waals surface area contributed by atoms with Gasteiger partial charge in [-0.3, -0.25) is 4.79 Å². The summed E-state index contributed by atoms with van der Waals surface area (Å²) in [5.41, 5.74) is 6.52. The number of carbonyl (C=O) groups is 1. The minimum absolute atomic E-state index is 0.131. The van der Waals surface area contributed by atoms with Gasteiger partial charge < -0.3 is 31.3 Å². The Morgan fingerprint density at radius 3 is 2.21 bits per heavy atom. The van der Waals surface area contributed by atoms with Crippen LogP contribution in [-0.4, -0.2) is 37.6 Å². The van der Waals surface area contributed by atoms with Crippen molar-refractivity contribution >= 4 is 23.5 Å². The molecule has 1 heterocycles. The molecule has 4 aromatic rings. The van der Waals surface area contributed by atoms with E-state index in [2.05, 4.69) is 25.6 Å². The number of ether oxygens (including phenoxy) is 1. The quantitative estimate of drug-likeness (QED) is 0.257. The van der Waals surface area contributed by atoms with Crippen LogP contribution in [0.25, 0.3) is 11.4 Å². The van der Waals surface area contributed by atoms with Crippen LogP contribution >= 0.6 is 0 Å². The van der Waals surface area contributed by atoms with E-state index in [1.54, 1.807) is 48.5 Å². The monoisotopic (exact) mass is 444 g/mol. The zero-order valence-corrected chi connectivity index (χ0v) is 17.3. The molecule has 4 rings (SSSR count). The van der Waals surface area contributed by atoms with Gasteiger partial charge in [-0.25, -0.2) is 0 Å². The van der Waals surface area contributed by atoms with E-state index in [4.69, 9.17) is 10.5 Å². The number of phenols is 2. The average Bonchev–Trinajstić information content (AvgIpc) is 2.81. The van der Waals surface area contributed by atoms with E-state index in [-0.39, 0.29) is 29.9 Å². The number of nitrogens with zero attached hydrogens (tertiary/aromatic N) is 3. The van der Waals surface area contributed by atoms with Crippen LogP contribution in [0.1, 0.15) is 0 Å². The fourth-order valence-electron chi connectivity index (χ4n) is 2.83. The van der Waals surface area contributed by atoms with Crippen LogP contribution in [0.15, 0.2) is 72.8 Å². The zero-order valence-electron chi connectivity index (χ0n) is 17.3. The fraction of sp³-hybridized carbons (Fsp3) is 0.0435. The Labute approximate surface area is 188 Å². The van der Waals surface area contributed by atoms with Crippen LogP contribution in [0.2, 0.25) is 0 Å². The van der Waals surface area contributed by atoms with Gasteiger partial charge in [0.05, 0.1) is 6.54 Å². The van der Waals surface area contributed by atoms with Crippen LogP contribution in [0.3, 0.4) is 0 Å². The second kappa shape index (κ2) is 9.52. The molecule has 1 aromatic heterocycles. The molecule has 0 unspecified atom stereocenters. The van der Waals surface area contributed by atoms with Gasteiger partial charge in [-0.1, -0.05) is 12.1 Å². The molecule has 0 fully saturated rings. The van der Waals surface area contributed by atoms with Gasteiger partial charge in [0.15, 0.2) is 5.82 Å². The maximum absolute atomic E-state index is 11.2. The minimum Gasteiger partial charge on any atom is -0.508 e. The fourth-order valence-corrected chi connectivity index (χ4v) is 2.83. The van der Waals surface area contributed by atoms with E-state index in [1.165, 1.54) is 24.3 Å². The molecule has 0 aliphatic rings. The predicted molar refractivity (Wildman–Crippen MR) is 123 cm³/mol. The second-order valence-corrected chi connectivity index (χ2v) is 6.92. The van der Waals surface area contributed by atoms with E-state index < -0.39 is 5.91 Å². The Balaban J connectivity index is 1.64. The SMILES string of the molecule is NC(=O)CNc1nc(Nc2ccc(O)cc2)nc(-c2cccc(Oc3ccc(O)cc3)c2)n1. The lowest BCUT2D eigenvalue weighted by Crippen LogP contribution is -2.23. The molecule has 166 valence electrons. The number of aromatic hydroxyl groups is 2. The van der Waals surface area contributed by atoms with Crippen molar-refractivity contribution in [3.8, 4) is 34.4 Å². The number of anilines is 3. The molecule has 0 atom stereocenters. The highest BCUT2D eigenvalue weighted by Gasteiger charge is 2.11. The first-order valence-corrected chi connectivity index (χ1v) is 9.86. The van der Waals surface area contributed by atoms with Crippen LogP contribution in [-0.2, 0) is 4.79 Å². The number of phenolic OH excluding ortho intramolecular Hbond substituents is 2. The first kappa shape index (κ1) is 21.4. The number of benzene rings is 3. The number of hydrogen-bond acceptors (Lipinski definition) is 9. The van der Waals surface area contributed by atoms with Gasteiger partial charge in [-0.2, -0.15) is 15.0 Å². The lowest BCUT2D eigenvalue weighted by molar-refractivity contribution is -0.116. The van der Waals surface area contributed by atoms with Crippen molar-refractivity contribution in [2.45, 2.75) is 0 Å². The Morgan fingerprint density at radius 2 is 1.52 bits per heavy atom. The van der Waals surface area contributed by atoms with E-state index >= 15 is 0 Å². The third-order valence-electron chi connectivity index (χ3n) is 4.34. The molecule has 10 heteroatoms. The van der Waals surface area contributed by atoms with Crippen molar-refractivity contribution < 1.29 is 19.7 Å². The van der Waals surface area contributed by atoms with Crippen molar-refractivity contribution in [1.29, 1.82) is 0 Å². The van der Waals surface area contributed by atoms with Crippen molar-refractivity contribution in [2.24, 2.45) is 5.73 Å². The molecule has 3 aromatic carbocycles. The molecule has 1 amide bonds. The largest absolute Gasteiger partial charge is 0.508 e. The Bertz CT molecular complexity index is 1260. The average molecular weight is 444 g/mol. The molecule has 6 N–H and O–H groups in total. The Hall–Kier alpha value is -4.86. The Kier molecular flexibility index (Phi) is 6.17. The molecule has 0 saturated carbocycles. The first-order chi connectivity index (χ1) is 15.9. The predicted octanol–water partition coefficient (Wildman–Crippen LogP) is 3.38. The smallest absolute Gasteiger partial charge is 0.236 e. The minimum atomic E-state index is -0.561. The third kappa shape index (κ3) is 5.85. The summed E-state index contributed by atoms with van der Waals surface area (Å²) in [6.45, 7) is -0.147. The van der Waals surface area contributed by atoms with Crippen molar-refractivity contribution in [3.05, 3.63) is 72.8 Å². The van der Waals surface area contributed by atoms with Crippen LogP contribution in [0.4, 0.5) is 17.6 Å². The van der Waals surface area contributed by atoms with Crippen LogP contribution in [0.5, 0.6) is 23.0 Å². The summed E-state index contributed by atoms with van der Waals surface area (Å²) >= 11 is 0. The summed E-state index contributed by atoms with van der Waals surface area (Å²) < 4.78 is 5.84. The normalized spacial score (nSPS) is 10.4. The number of aromatic nitrogens is 3. The second-order valence-electron chi connectivity index (χ2n) is 6.92. The standard InChI is InChI=1S/C23H20N6O4/c24-20(32)13-25-22-27-21(28-23(29-22)26-15-4-6-16(30)7-5-15)14-2-1-3-19(12-14)33-18-10-8-17(31)9-11-18/h1-12,30-31H,13H2,(H2,24,32)(H2,25,26,27,28,29). The molecule has 0 saturated heterocycles. The summed E-state index contributed by atoms with van der Waals surface area (Å²) in [5.74, 6) is 1.52. The number of rotatable bonds is 8. The lowest BCUT2D eigenvalue weighted by atomic mass is 10.2. The molecule has 10 nitrogen and oxygen atoms in total. The van der Waals surface area contributed by atoms with Gasteiger partial charge in [-0.15, -0.1) is 0 Å². The lowest BCUT2D eigenvalue weighted by Gasteiger charge is -2.11. The summed E-state index contributed by atoms with van der Waals surface area (Å²) in [7, 11) is 0. The van der Waals surface area contributed by atoms with Crippen LogP contribution in [0, 0.1) is 0 Å². The molecule has 0 aliphatic heterocycles. The maximum atomic E-state index is 11.2. The molecular formula is C23H20N6O4. The summed E-state index contributed by atoms with van der Waals surface area (Å²) in [4.78, 5) is 24.3. The van der Waals surface area contributed by atoms with Crippen molar-refractivity contribution in [2.75, 3.05) is 17.2 Å². The van der Waals surface area contributed by atoms with Gasteiger partial charge >= 0.3 is 0 Å². The molecule has 0 spiro atoms. The van der Waals surface area contributed by atoms with Crippen molar-refractivity contribution in [3.63, 3.8) is 0 Å². The number of hydrogen-bond donors (Lipinski definition) is 5. The molecule has 0 radical (unpaired) electrons. The van der Waals surface area contributed by atoms with E-state index in [0.29, 0.717) is 28.6 Å². The van der Waals surface area contributed by atoms with Gasteiger partial charge in [0.2, 0.25) is 17.8 Å². The highest BCUT2D eigenvalue weighted by Crippen LogP contribution is 2.28. The molecular weight excluding hydrogens is 424 g/mol. The first-order valence-electron chi connectivity index (χ1n) is 9.86. The maximum Gasteiger partial charge on any atom is 0.236 e. The van der Waals surface area contributed by atoms with Gasteiger partial charge in [0.1, 0.15) is 23.0 Å². The molecule has 33 heavy (non-hydrogen) atoms. The van der Waals surface area contributed by atoms with Gasteiger partial charge in [0, 0.05) is 11.3 Å². The van der Waals surface area contributed by atoms with Crippen LogP contribution < -0.4 is 21.1 Å². The molecule has 0 bridgehead atoms. The van der Waals surface area contributed by atoms with E-state index in [0.717, 1.165) is 0 Å². The number of nitrogens with two attached hydrogens (primary N) is 1. The molecule has 0 aliphatic carbocycles. The topological polar surface area (TPSA) is 156 Å². The zero-order chi connectivity index (χ0) is 23.2. The highest BCUT2D eigenvalue weighted by atomic mass is 16.5.